The third-order valence-electron chi connectivity index (χ3n) is 3.49. The summed E-state index contributed by atoms with van der Waals surface area (Å²) in [6.45, 7) is 4.14. The fraction of sp³-hybridized carbons (Fsp3) is 0.111. The van der Waals surface area contributed by atoms with Crippen LogP contribution in [0.15, 0.2) is 59.2 Å². The summed E-state index contributed by atoms with van der Waals surface area (Å²) in [6.07, 6.45) is 1.74. The van der Waals surface area contributed by atoms with E-state index in [1.165, 1.54) is 11.1 Å². The van der Waals surface area contributed by atoms with Crippen LogP contribution in [-0.2, 0) is 0 Å². The van der Waals surface area contributed by atoms with E-state index in [1.54, 1.807) is 6.20 Å². The number of nitrogens with one attached hydrogen (secondary N) is 2. The Hall–Kier alpha value is -2.40. The number of aromatic nitrogens is 2. The fourth-order valence-electron chi connectivity index (χ4n) is 2.29. The van der Waals surface area contributed by atoms with Crippen LogP contribution in [0.4, 0.5) is 23.1 Å². The van der Waals surface area contributed by atoms with Crippen molar-refractivity contribution in [3.05, 3.63) is 70.3 Å². The number of rotatable bonds is 4. The van der Waals surface area contributed by atoms with Crippen molar-refractivity contribution in [1.29, 1.82) is 0 Å². The molecule has 0 aliphatic rings. The van der Waals surface area contributed by atoms with E-state index in [-0.39, 0.29) is 0 Å². The van der Waals surface area contributed by atoms with Gasteiger partial charge in [-0.05, 0) is 55.3 Å². The Kier molecular flexibility index (Phi) is 4.57. The number of hydrogen-bond donors (Lipinski definition) is 2. The summed E-state index contributed by atoms with van der Waals surface area (Å²) in [4.78, 5) is 8.83. The minimum absolute atomic E-state index is 0.574. The zero-order valence-corrected chi connectivity index (χ0v) is 14.6. The van der Waals surface area contributed by atoms with Gasteiger partial charge in [0.15, 0.2) is 0 Å². The quantitative estimate of drug-likeness (QED) is 0.652. The second kappa shape index (κ2) is 6.79. The van der Waals surface area contributed by atoms with Crippen LogP contribution in [0, 0.1) is 13.8 Å². The Bertz CT molecular complexity index is 795. The topological polar surface area (TPSA) is 49.8 Å². The van der Waals surface area contributed by atoms with Gasteiger partial charge in [-0.1, -0.05) is 34.1 Å². The van der Waals surface area contributed by atoms with E-state index in [0.717, 1.165) is 21.7 Å². The average molecular weight is 369 g/mol. The first kappa shape index (κ1) is 15.5. The molecule has 23 heavy (non-hydrogen) atoms. The number of nitrogens with zero attached hydrogens (tertiary/aromatic N) is 2. The third-order valence-corrected chi connectivity index (χ3v) is 4.02. The highest BCUT2D eigenvalue weighted by molar-refractivity contribution is 9.10. The molecule has 0 saturated carbocycles. The standard InChI is InChI=1S/C18H17BrN4/c1-12-4-3-5-13(2)17(12)23-18-20-11-10-16(22-18)21-15-8-6-14(19)7-9-15/h3-11H,1-2H3,(H2,20,21,22,23). The predicted octanol–water partition coefficient (Wildman–Crippen LogP) is 5.34. The van der Waals surface area contributed by atoms with Crippen LogP contribution in [0.25, 0.3) is 0 Å². The maximum absolute atomic E-state index is 4.52. The zero-order chi connectivity index (χ0) is 16.2. The summed E-state index contributed by atoms with van der Waals surface area (Å²) in [5.41, 5.74) is 4.36. The van der Waals surface area contributed by atoms with Crippen molar-refractivity contribution in [1.82, 2.24) is 9.97 Å². The lowest BCUT2D eigenvalue weighted by Gasteiger charge is -2.12. The molecule has 2 N–H and O–H groups in total. The van der Waals surface area contributed by atoms with Gasteiger partial charge in [-0.2, -0.15) is 4.98 Å². The van der Waals surface area contributed by atoms with Gasteiger partial charge in [0.2, 0.25) is 5.95 Å². The van der Waals surface area contributed by atoms with E-state index in [2.05, 4.69) is 62.5 Å². The largest absolute Gasteiger partial charge is 0.340 e. The minimum atomic E-state index is 0.574. The second-order valence-electron chi connectivity index (χ2n) is 5.29. The van der Waals surface area contributed by atoms with E-state index < -0.39 is 0 Å². The molecule has 1 aromatic heterocycles. The third kappa shape index (κ3) is 3.87. The molecule has 0 aliphatic heterocycles. The normalized spacial score (nSPS) is 10.4. The van der Waals surface area contributed by atoms with Crippen LogP contribution < -0.4 is 10.6 Å². The Labute approximate surface area is 144 Å². The van der Waals surface area contributed by atoms with Crippen molar-refractivity contribution in [2.75, 3.05) is 10.6 Å². The van der Waals surface area contributed by atoms with Crippen molar-refractivity contribution in [2.24, 2.45) is 0 Å². The van der Waals surface area contributed by atoms with Crippen molar-refractivity contribution in [3.63, 3.8) is 0 Å². The summed E-state index contributed by atoms with van der Waals surface area (Å²) >= 11 is 3.43. The molecule has 0 saturated heterocycles. The van der Waals surface area contributed by atoms with Crippen LogP contribution in [0.5, 0.6) is 0 Å². The van der Waals surface area contributed by atoms with Gasteiger partial charge in [0.25, 0.3) is 0 Å². The van der Waals surface area contributed by atoms with Gasteiger partial charge in [-0.3, -0.25) is 0 Å². The average Bonchev–Trinajstić information content (AvgIpc) is 2.54. The molecule has 3 aromatic rings. The lowest BCUT2D eigenvalue weighted by molar-refractivity contribution is 1.16. The molecule has 0 aliphatic carbocycles. The minimum Gasteiger partial charge on any atom is -0.340 e. The van der Waals surface area contributed by atoms with Crippen molar-refractivity contribution in [2.45, 2.75) is 13.8 Å². The molecule has 4 nitrogen and oxygen atoms in total. The van der Waals surface area contributed by atoms with Crippen LogP contribution in [0.3, 0.4) is 0 Å². The van der Waals surface area contributed by atoms with Gasteiger partial charge in [0.1, 0.15) is 5.82 Å². The van der Waals surface area contributed by atoms with Gasteiger partial charge in [0.05, 0.1) is 0 Å². The van der Waals surface area contributed by atoms with E-state index >= 15 is 0 Å². The smallest absolute Gasteiger partial charge is 0.229 e. The summed E-state index contributed by atoms with van der Waals surface area (Å²) in [5.74, 6) is 1.32. The highest BCUT2D eigenvalue weighted by Crippen LogP contribution is 2.23. The maximum atomic E-state index is 4.52. The van der Waals surface area contributed by atoms with Crippen molar-refractivity contribution < 1.29 is 0 Å². The van der Waals surface area contributed by atoms with Crippen molar-refractivity contribution >= 4 is 39.1 Å². The van der Waals surface area contributed by atoms with E-state index in [1.807, 2.05) is 36.4 Å². The molecular weight excluding hydrogens is 352 g/mol. The lowest BCUT2D eigenvalue weighted by atomic mass is 10.1. The van der Waals surface area contributed by atoms with Crippen LogP contribution >= 0.6 is 15.9 Å². The number of benzene rings is 2. The predicted molar refractivity (Wildman–Crippen MR) is 98.7 cm³/mol. The molecule has 0 fully saturated rings. The first-order valence-corrected chi connectivity index (χ1v) is 8.10. The molecule has 3 rings (SSSR count). The molecule has 0 bridgehead atoms. The fourth-order valence-corrected chi connectivity index (χ4v) is 2.56. The molecule has 2 aromatic carbocycles. The first-order valence-electron chi connectivity index (χ1n) is 7.31. The van der Waals surface area contributed by atoms with Gasteiger partial charge in [-0.25, -0.2) is 4.98 Å². The molecule has 0 spiro atoms. The molecule has 5 heteroatoms. The van der Waals surface area contributed by atoms with E-state index in [0.29, 0.717) is 5.95 Å². The molecule has 0 unspecified atom stereocenters. The summed E-state index contributed by atoms with van der Waals surface area (Å²) < 4.78 is 1.04. The second-order valence-corrected chi connectivity index (χ2v) is 6.20. The Morgan fingerprint density at radius 2 is 1.57 bits per heavy atom. The van der Waals surface area contributed by atoms with Crippen LogP contribution in [0.1, 0.15) is 11.1 Å². The number of anilines is 4. The van der Waals surface area contributed by atoms with Gasteiger partial charge in [0, 0.05) is 22.0 Å². The molecular formula is C18H17BrN4. The molecule has 0 atom stereocenters. The first-order chi connectivity index (χ1) is 11.1. The Balaban J connectivity index is 1.81. The number of hydrogen-bond acceptors (Lipinski definition) is 4. The lowest BCUT2D eigenvalue weighted by Crippen LogP contribution is -2.02. The zero-order valence-electron chi connectivity index (χ0n) is 13.0. The Morgan fingerprint density at radius 1 is 0.870 bits per heavy atom. The van der Waals surface area contributed by atoms with Gasteiger partial charge < -0.3 is 10.6 Å². The summed E-state index contributed by atoms with van der Waals surface area (Å²) in [7, 11) is 0. The summed E-state index contributed by atoms with van der Waals surface area (Å²) in [6, 6.07) is 16.0. The number of halogens is 1. The molecule has 0 amide bonds. The van der Waals surface area contributed by atoms with Gasteiger partial charge in [-0.15, -0.1) is 0 Å². The highest BCUT2D eigenvalue weighted by atomic mass is 79.9. The Morgan fingerprint density at radius 3 is 2.26 bits per heavy atom. The number of para-hydroxylation sites is 1. The number of aryl methyl sites for hydroxylation is 2. The monoisotopic (exact) mass is 368 g/mol. The van der Waals surface area contributed by atoms with E-state index in [9.17, 15) is 0 Å². The van der Waals surface area contributed by atoms with Gasteiger partial charge >= 0.3 is 0 Å². The van der Waals surface area contributed by atoms with Crippen LogP contribution in [-0.4, -0.2) is 9.97 Å². The SMILES string of the molecule is Cc1cccc(C)c1Nc1nccc(Nc2ccc(Br)cc2)n1. The van der Waals surface area contributed by atoms with Crippen LogP contribution in [0.2, 0.25) is 0 Å². The maximum Gasteiger partial charge on any atom is 0.229 e. The molecule has 0 radical (unpaired) electrons. The highest BCUT2D eigenvalue weighted by Gasteiger charge is 2.05. The molecule has 116 valence electrons. The van der Waals surface area contributed by atoms with E-state index in [4.69, 9.17) is 0 Å². The van der Waals surface area contributed by atoms with Crippen molar-refractivity contribution in [3.8, 4) is 0 Å². The molecule has 1 heterocycles. The summed E-state index contributed by atoms with van der Waals surface area (Å²) in [5, 5.41) is 6.58.